The maximum absolute atomic E-state index is 12.7. The Bertz CT molecular complexity index is 757. The van der Waals surface area contributed by atoms with E-state index in [0.29, 0.717) is 13.1 Å². The molecule has 0 spiro atoms. The van der Waals surface area contributed by atoms with Gasteiger partial charge in [-0.25, -0.2) is 13.1 Å². The van der Waals surface area contributed by atoms with Crippen molar-refractivity contribution in [3.05, 3.63) is 27.7 Å². The Morgan fingerprint density at radius 1 is 1.12 bits per heavy atom. The van der Waals surface area contributed by atoms with Crippen LogP contribution in [0.2, 0.25) is 10.0 Å². The van der Waals surface area contributed by atoms with Crippen LogP contribution in [0.5, 0.6) is 0 Å². The molecule has 1 saturated carbocycles. The van der Waals surface area contributed by atoms with Crippen molar-refractivity contribution in [3.63, 3.8) is 0 Å². The number of nitrogens with zero attached hydrogens (tertiary/aromatic N) is 2. The predicted molar refractivity (Wildman–Crippen MR) is 93.2 cm³/mol. The molecule has 1 heterocycles. The van der Waals surface area contributed by atoms with Crippen LogP contribution in [-0.4, -0.2) is 63.4 Å². The molecule has 6 nitrogen and oxygen atoms in total. The molecule has 0 radical (unpaired) electrons. The van der Waals surface area contributed by atoms with Crippen LogP contribution in [0.25, 0.3) is 0 Å². The number of benzene rings is 1. The molecule has 3 rings (SSSR count). The second kappa shape index (κ2) is 6.80. The van der Waals surface area contributed by atoms with Crippen molar-refractivity contribution in [2.75, 3.05) is 33.2 Å². The van der Waals surface area contributed by atoms with Crippen LogP contribution in [0.3, 0.4) is 0 Å². The normalized spacial score (nSPS) is 19.5. The summed E-state index contributed by atoms with van der Waals surface area (Å²) in [6.45, 7) is 2.70. The number of piperazine rings is 1. The van der Waals surface area contributed by atoms with Crippen molar-refractivity contribution >= 4 is 39.1 Å². The minimum Gasteiger partial charge on any atom is -0.336 e. The van der Waals surface area contributed by atoms with E-state index in [-0.39, 0.29) is 32.5 Å². The Kier molecular flexibility index (Phi) is 5.09. The summed E-state index contributed by atoms with van der Waals surface area (Å²) in [5, 5.41) is 0.178. The van der Waals surface area contributed by atoms with Gasteiger partial charge in [0.1, 0.15) is 4.90 Å². The van der Waals surface area contributed by atoms with E-state index in [9.17, 15) is 13.2 Å². The number of amides is 1. The Labute approximate surface area is 151 Å². The predicted octanol–water partition coefficient (Wildman–Crippen LogP) is 1.82. The van der Waals surface area contributed by atoms with E-state index in [1.807, 2.05) is 7.05 Å². The number of rotatable bonds is 4. The third-order valence-corrected chi connectivity index (χ3v) is 6.53. The Morgan fingerprint density at radius 2 is 1.75 bits per heavy atom. The van der Waals surface area contributed by atoms with Gasteiger partial charge >= 0.3 is 0 Å². The topological polar surface area (TPSA) is 69.7 Å². The molecule has 0 atom stereocenters. The Morgan fingerprint density at radius 3 is 2.33 bits per heavy atom. The molecule has 0 unspecified atom stereocenters. The third-order valence-electron chi connectivity index (χ3n) is 4.23. The molecule has 2 fully saturated rings. The van der Waals surface area contributed by atoms with Crippen LogP contribution < -0.4 is 4.72 Å². The summed E-state index contributed by atoms with van der Waals surface area (Å²) in [5.41, 5.74) is 0.168. The molecule has 1 aromatic rings. The van der Waals surface area contributed by atoms with Gasteiger partial charge in [-0.3, -0.25) is 4.79 Å². The molecule has 1 aliphatic carbocycles. The lowest BCUT2D eigenvalue weighted by atomic mass is 10.2. The van der Waals surface area contributed by atoms with Crippen molar-refractivity contribution in [3.8, 4) is 0 Å². The van der Waals surface area contributed by atoms with Gasteiger partial charge in [0.05, 0.1) is 15.6 Å². The SMILES string of the molecule is CN1CCN(C(=O)c2cc(S(=O)(=O)NC3CC3)c(Cl)cc2Cl)CC1. The molecule has 24 heavy (non-hydrogen) atoms. The molecule has 1 amide bonds. The van der Waals surface area contributed by atoms with Gasteiger partial charge in [-0.15, -0.1) is 0 Å². The molecule has 0 bridgehead atoms. The average Bonchev–Trinajstić information content (AvgIpc) is 3.30. The number of sulfonamides is 1. The summed E-state index contributed by atoms with van der Waals surface area (Å²) in [7, 11) is -1.77. The zero-order valence-corrected chi connectivity index (χ0v) is 15.6. The summed E-state index contributed by atoms with van der Waals surface area (Å²) in [4.78, 5) is 16.4. The molecule has 132 valence electrons. The molecule has 9 heteroatoms. The largest absolute Gasteiger partial charge is 0.336 e. The number of likely N-dealkylation sites (N-methyl/N-ethyl adjacent to an activating group) is 1. The third kappa shape index (κ3) is 3.86. The summed E-state index contributed by atoms with van der Waals surface area (Å²) < 4.78 is 27.4. The van der Waals surface area contributed by atoms with Gasteiger partial charge in [0.15, 0.2) is 0 Å². The van der Waals surface area contributed by atoms with Crippen molar-refractivity contribution < 1.29 is 13.2 Å². The maximum atomic E-state index is 12.7. The van der Waals surface area contributed by atoms with Crippen LogP contribution in [-0.2, 0) is 10.0 Å². The van der Waals surface area contributed by atoms with E-state index in [1.54, 1.807) is 4.90 Å². The standard InChI is InChI=1S/C15H19Cl2N3O3S/c1-19-4-6-20(7-5-19)15(21)11-8-14(13(17)9-12(11)16)24(22,23)18-10-2-3-10/h8-10,18H,2-7H2,1H3. The van der Waals surface area contributed by atoms with Gasteiger partial charge in [-0.05, 0) is 32.0 Å². The van der Waals surface area contributed by atoms with Gasteiger partial charge in [0.2, 0.25) is 10.0 Å². The summed E-state index contributed by atoms with van der Waals surface area (Å²) in [6.07, 6.45) is 1.63. The van der Waals surface area contributed by atoms with Gasteiger partial charge in [0.25, 0.3) is 5.91 Å². The van der Waals surface area contributed by atoms with E-state index in [4.69, 9.17) is 23.2 Å². The minimum absolute atomic E-state index is 0.0167. The van der Waals surface area contributed by atoms with Crippen LogP contribution >= 0.6 is 23.2 Å². The highest BCUT2D eigenvalue weighted by Crippen LogP contribution is 2.31. The second-order valence-corrected chi connectivity index (χ2v) is 8.75. The summed E-state index contributed by atoms with van der Waals surface area (Å²) >= 11 is 12.2. The molecule has 1 aromatic carbocycles. The van der Waals surface area contributed by atoms with Crippen molar-refractivity contribution in [1.82, 2.24) is 14.5 Å². The number of hydrogen-bond donors (Lipinski definition) is 1. The molecule has 1 N–H and O–H groups in total. The van der Waals surface area contributed by atoms with Crippen LogP contribution in [0.15, 0.2) is 17.0 Å². The molecule has 1 saturated heterocycles. The Balaban J connectivity index is 1.90. The minimum atomic E-state index is -3.76. The highest BCUT2D eigenvalue weighted by molar-refractivity contribution is 7.89. The highest BCUT2D eigenvalue weighted by Gasteiger charge is 2.31. The van der Waals surface area contributed by atoms with E-state index in [2.05, 4.69) is 9.62 Å². The number of halogens is 2. The highest BCUT2D eigenvalue weighted by atomic mass is 35.5. The fourth-order valence-electron chi connectivity index (χ4n) is 2.56. The number of hydrogen-bond acceptors (Lipinski definition) is 4. The number of carbonyl (C=O) groups excluding carboxylic acids is 1. The van der Waals surface area contributed by atoms with E-state index < -0.39 is 10.0 Å². The average molecular weight is 392 g/mol. The molecular weight excluding hydrogens is 373 g/mol. The van der Waals surface area contributed by atoms with E-state index in [1.165, 1.54) is 12.1 Å². The first kappa shape index (κ1) is 17.9. The van der Waals surface area contributed by atoms with Crippen molar-refractivity contribution in [1.29, 1.82) is 0 Å². The molecular formula is C15H19Cl2N3O3S. The zero-order valence-electron chi connectivity index (χ0n) is 13.3. The van der Waals surface area contributed by atoms with E-state index in [0.717, 1.165) is 25.9 Å². The van der Waals surface area contributed by atoms with Crippen LogP contribution in [0, 0.1) is 0 Å². The number of nitrogens with one attached hydrogen (secondary N) is 1. The fraction of sp³-hybridized carbons (Fsp3) is 0.533. The first-order chi connectivity index (χ1) is 11.3. The van der Waals surface area contributed by atoms with Gasteiger partial charge < -0.3 is 9.80 Å². The van der Waals surface area contributed by atoms with Crippen molar-refractivity contribution in [2.45, 2.75) is 23.8 Å². The zero-order chi connectivity index (χ0) is 17.5. The lowest BCUT2D eigenvalue weighted by Gasteiger charge is -2.32. The first-order valence-corrected chi connectivity index (χ1v) is 10.0. The monoisotopic (exact) mass is 391 g/mol. The quantitative estimate of drug-likeness (QED) is 0.849. The first-order valence-electron chi connectivity index (χ1n) is 7.77. The van der Waals surface area contributed by atoms with Gasteiger partial charge in [0, 0.05) is 32.2 Å². The van der Waals surface area contributed by atoms with Crippen molar-refractivity contribution in [2.24, 2.45) is 0 Å². The van der Waals surface area contributed by atoms with Crippen LogP contribution in [0.1, 0.15) is 23.2 Å². The fourth-order valence-corrected chi connectivity index (χ4v) is 4.72. The molecule has 2 aliphatic rings. The van der Waals surface area contributed by atoms with E-state index >= 15 is 0 Å². The lowest BCUT2D eigenvalue weighted by Crippen LogP contribution is -2.47. The number of carbonyl (C=O) groups is 1. The molecule has 0 aromatic heterocycles. The van der Waals surface area contributed by atoms with Crippen LogP contribution in [0.4, 0.5) is 0 Å². The van der Waals surface area contributed by atoms with Gasteiger partial charge in [-0.1, -0.05) is 23.2 Å². The second-order valence-electron chi connectivity index (χ2n) is 6.25. The smallest absolute Gasteiger partial charge is 0.255 e. The lowest BCUT2D eigenvalue weighted by molar-refractivity contribution is 0.0664. The maximum Gasteiger partial charge on any atom is 0.255 e. The molecule has 1 aliphatic heterocycles. The summed E-state index contributed by atoms with van der Waals surface area (Å²) in [5.74, 6) is -0.271. The Hall–Kier alpha value is -0.860. The van der Waals surface area contributed by atoms with Gasteiger partial charge in [-0.2, -0.15) is 0 Å². The summed E-state index contributed by atoms with van der Waals surface area (Å²) in [6, 6.07) is 2.57.